The number of oxazole rings is 1. The Morgan fingerprint density at radius 2 is 1.59 bits per heavy atom. The van der Waals surface area contributed by atoms with Crippen molar-refractivity contribution < 1.29 is 4.42 Å². The minimum Gasteiger partial charge on any atom is -0.432 e. The van der Waals surface area contributed by atoms with Crippen molar-refractivity contribution >= 4 is 11.1 Å². The van der Waals surface area contributed by atoms with E-state index < -0.39 is 0 Å². The van der Waals surface area contributed by atoms with Crippen molar-refractivity contribution in [2.24, 2.45) is 0 Å². The van der Waals surface area contributed by atoms with Crippen LogP contribution in [0.5, 0.6) is 0 Å². The largest absolute Gasteiger partial charge is 0.432 e. The van der Waals surface area contributed by atoms with Gasteiger partial charge in [0.15, 0.2) is 0 Å². The highest BCUT2D eigenvalue weighted by atomic mass is 16.4. The fourth-order valence-corrected chi connectivity index (χ4v) is 1.69. The lowest BCUT2D eigenvalue weighted by atomic mass is 10.2. The number of benzene rings is 1. The summed E-state index contributed by atoms with van der Waals surface area (Å²) in [6.45, 7) is 0. The summed E-state index contributed by atoms with van der Waals surface area (Å²) in [6, 6.07) is 16.2. The van der Waals surface area contributed by atoms with Gasteiger partial charge in [0.25, 0.3) is 0 Å². The Morgan fingerprint density at radius 3 is 2.41 bits per heavy atom. The Hall–Kier alpha value is -2.42. The molecule has 17 heavy (non-hydrogen) atoms. The molecule has 0 saturated heterocycles. The molecule has 0 spiro atoms. The molecule has 0 amide bonds. The highest BCUT2D eigenvalue weighted by Crippen LogP contribution is 2.21. The van der Waals surface area contributed by atoms with E-state index in [4.69, 9.17) is 4.42 Å². The Kier molecular flexibility index (Phi) is 2.22. The second kappa shape index (κ2) is 3.87. The molecule has 0 aliphatic carbocycles. The zero-order valence-electron chi connectivity index (χ0n) is 8.96. The molecule has 3 heteroatoms. The van der Waals surface area contributed by atoms with Gasteiger partial charge < -0.3 is 4.42 Å². The molecule has 0 aliphatic rings. The van der Waals surface area contributed by atoms with Crippen LogP contribution in [-0.4, -0.2) is 4.98 Å². The lowest BCUT2D eigenvalue weighted by Gasteiger charge is -1.91. The number of hydrogen-bond acceptors (Lipinski definition) is 3. The van der Waals surface area contributed by atoms with E-state index in [-0.39, 0.29) is 5.43 Å². The first-order valence-electron chi connectivity index (χ1n) is 5.30. The molecular formula is C14H9NO2. The average molecular weight is 223 g/mol. The fraction of sp³-hybridized carbons (Fsp3) is 0. The molecule has 0 atom stereocenters. The maximum absolute atomic E-state index is 11.7. The van der Waals surface area contributed by atoms with Gasteiger partial charge in [-0.05, 0) is 24.3 Å². The van der Waals surface area contributed by atoms with Gasteiger partial charge in [-0.3, -0.25) is 4.79 Å². The molecule has 2 aromatic carbocycles. The normalized spacial score (nSPS) is 10.6. The zero-order valence-corrected chi connectivity index (χ0v) is 8.96. The molecule has 3 rings (SSSR count). The average Bonchev–Trinajstić information content (AvgIpc) is 2.72. The van der Waals surface area contributed by atoms with Crippen LogP contribution in [0.3, 0.4) is 0 Å². The highest BCUT2D eigenvalue weighted by Gasteiger charge is 2.08. The topological polar surface area (TPSA) is 43.1 Å². The van der Waals surface area contributed by atoms with Gasteiger partial charge in [0.1, 0.15) is 5.52 Å². The summed E-state index contributed by atoms with van der Waals surface area (Å²) in [6.07, 6.45) is 0. The molecule has 0 fully saturated rings. The van der Waals surface area contributed by atoms with Crippen LogP contribution < -0.4 is 5.43 Å². The van der Waals surface area contributed by atoms with Gasteiger partial charge in [0, 0.05) is 5.56 Å². The van der Waals surface area contributed by atoms with Crippen molar-refractivity contribution in [2.45, 2.75) is 0 Å². The van der Waals surface area contributed by atoms with Crippen LogP contribution in [0.2, 0.25) is 0 Å². The Labute approximate surface area is 97.4 Å². The van der Waals surface area contributed by atoms with Crippen LogP contribution in [0.25, 0.3) is 22.6 Å². The number of hydrogen-bond donors (Lipinski definition) is 0. The molecule has 1 heterocycles. The predicted octanol–water partition coefficient (Wildman–Crippen LogP) is 2.86. The third kappa shape index (κ3) is 1.72. The second-order valence-electron chi connectivity index (χ2n) is 3.68. The maximum Gasteiger partial charge on any atom is 0.227 e. The minimum absolute atomic E-state index is 0.153. The number of nitrogens with zero attached hydrogens (tertiary/aromatic N) is 1. The van der Waals surface area contributed by atoms with E-state index in [2.05, 4.69) is 4.98 Å². The predicted molar refractivity (Wildman–Crippen MR) is 65.7 cm³/mol. The Bertz CT molecular complexity index is 717. The zero-order chi connectivity index (χ0) is 11.7. The van der Waals surface area contributed by atoms with Gasteiger partial charge in [-0.2, -0.15) is 0 Å². The van der Waals surface area contributed by atoms with Crippen molar-refractivity contribution in [3.63, 3.8) is 0 Å². The first-order chi connectivity index (χ1) is 8.34. The second-order valence-corrected chi connectivity index (χ2v) is 3.68. The van der Waals surface area contributed by atoms with Gasteiger partial charge in [-0.15, -0.1) is 0 Å². The van der Waals surface area contributed by atoms with Gasteiger partial charge in [0.05, 0.1) is 0 Å². The molecule has 82 valence electrons. The van der Waals surface area contributed by atoms with Crippen LogP contribution in [0.1, 0.15) is 0 Å². The number of fused-ring (bicyclic) bond motifs is 1. The third-order valence-corrected chi connectivity index (χ3v) is 2.51. The van der Waals surface area contributed by atoms with E-state index >= 15 is 0 Å². The molecule has 0 radical (unpaired) electrons. The summed E-state index contributed by atoms with van der Waals surface area (Å²) < 4.78 is 5.52. The van der Waals surface area contributed by atoms with Crippen LogP contribution in [0.4, 0.5) is 0 Å². The van der Waals surface area contributed by atoms with E-state index in [1.165, 1.54) is 6.07 Å². The summed E-state index contributed by atoms with van der Waals surface area (Å²) >= 11 is 0. The molecule has 0 N–H and O–H groups in total. The summed E-state index contributed by atoms with van der Waals surface area (Å²) in [5, 5.41) is 0. The number of rotatable bonds is 1. The summed E-state index contributed by atoms with van der Waals surface area (Å²) in [4.78, 5) is 16.0. The summed E-state index contributed by atoms with van der Waals surface area (Å²) in [7, 11) is 0. The molecule has 0 bridgehead atoms. The summed E-state index contributed by atoms with van der Waals surface area (Å²) in [5.74, 6) is 0.476. The van der Waals surface area contributed by atoms with Gasteiger partial charge in [-0.25, -0.2) is 4.98 Å². The standard InChI is InChI=1S/C14H9NO2/c16-12-9-5-4-8-11-13(12)17-14(15-11)10-6-2-1-3-7-10/h1-9H. The van der Waals surface area contributed by atoms with Gasteiger partial charge in [-0.1, -0.05) is 30.3 Å². The van der Waals surface area contributed by atoms with E-state index in [1.807, 2.05) is 30.3 Å². The van der Waals surface area contributed by atoms with E-state index in [1.54, 1.807) is 18.2 Å². The molecule has 3 aromatic rings. The maximum atomic E-state index is 11.7. The van der Waals surface area contributed by atoms with Crippen molar-refractivity contribution in [1.82, 2.24) is 4.98 Å². The van der Waals surface area contributed by atoms with Crippen LogP contribution >= 0.6 is 0 Å². The fourth-order valence-electron chi connectivity index (χ4n) is 1.69. The molecule has 0 aliphatic heterocycles. The molecule has 1 aromatic heterocycles. The quantitative estimate of drug-likeness (QED) is 0.637. The van der Waals surface area contributed by atoms with Crippen LogP contribution in [0.15, 0.2) is 63.8 Å². The lowest BCUT2D eigenvalue weighted by molar-refractivity contribution is 0.617. The smallest absolute Gasteiger partial charge is 0.227 e. The van der Waals surface area contributed by atoms with Gasteiger partial charge >= 0.3 is 0 Å². The lowest BCUT2D eigenvalue weighted by Crippen LogP contribution is -1.91. The Balaban J connectivity index is 2.30. The van der Waals surface area contributed by atoms with Crippen molar-refractivity contribution in [3.8, 4) is 11.5 Å². The van der Waals surface area contributed by atoms with E-state index in [9.17, 15) is 4.79 Å². The van der Waals surface area contributed by atoms with Crippen molar-refractivity contribution in [2.75, 3.05) is 0 Å². The third-order valence-electron chi connectivity index (χ3n) is 2.51. The molecule has 0 unspecified atom stereocenters. The monoisotopic (exact) mass is 223 g/mol. The van der Waals surface area contributed by atoms with Gasteiger partial charge in [0.2, 0.25) is 16.9 Å². The van der Waals surface area contributed by atoms with Crippen LogP contribution in [-0.2, 0) is 0 Å². The van der Waals surface area contributed by atoms with E-state index in [0.717, 1.165) is 5.56 Å². The van der Waals surface area contributed by atoms with E-state index in [0.29, 0.717) is 17.0 Å². The first kappa shape index (κ1) is 9.78. The minimum atomic E-state index is -0.153. The first-order valence-corrected chi connectivity index (χ1v) is 5.30. The Morgan fingerprint density at radius 1 is 0.882 bits per heavy atom. The highest BCUT2D eigenvalue weighted by molar-refractivity contribution is 5.75. The van der Waals surface area contributed by atoms with Crippen molar-refractivity contribution in [3.05, 3.63) is 64.8 Å². The number of aromatic nitrogens is 1. The van der Waals surface area contributed by atoms with Crippen molar-refractivity contribution in [1.29, 1.82) is 0 Å². The SMILES string of the molecule is O=c1ccccc2nc(-c3ccccc3)oc12. The molecular weight excluding hydrogens is 214 g/mol. The molecule has 0 saturated carbocycles. The summed E-state index contributed by atoms with van der Waals surface area (Å²) in [5.41, 5.74) is 1.60. The van der Waals surface area contributed by atoms with Crippen LogP contribution in [0, 0.1) is 0 Å². The molecule has 3 nitrogen and oxygen atoms in total.